The molecule has 0 aromatic heterocycles. The minimum absolute atomic E-state index is 0.153. The third kappa shape index (κ3) is 2.57. The van der Waals surface area contributed by atoms with E-state index in [2.05, 4.69) is 10.9 Å². The van der Waals surface area contributed by atoms with Crippen LogP contribution in [-0.2, 0) is 9.59 Å². The molecule has 0 aliphatic carbocycles. The topological polar surface area (TPSA) is 53.0 Å². The maximum Gasteiger partial charge on any atom is 0.246 e. The molecule has 1 aliphatic heterocycles. The van der Waals surface area contributed by atoms with Crippen molar-refractivity contribution in [3.05, 3.63) is 0 Å². The van der Waals surface area contributed by atoms with Crippen molar-refractivity contribution >= 4 is 35.4 Å². The Balaban J connectivity index is 3.02. The molecule has 2 amide bonds. The minimum atomic E-state index is -0.912. The van der Waals surface area contributed by atoms with Gasteiger partial charge in [-0.15, -0.1) is 6.42 Å². The number of amides is 2. The van der Waals surface area contributed by atoms with Gasteiger partial charge in [0.25, 0.3) is 0 Å². The Morgan fingerprint density at radius 1 is 1.33 bits per heavy atom. The summed E-state index contributed by atoms with van der Waals surface area (Å²) in [6, 6.07) is 0. The molecule has 6 heteroatoms. The number of carbonyl (C=O) groups is 2. The third-order valence-electron chi connectivity index (χ3n) is 2.60. The van der Waals surface area contributed by atoms with Crippen LogP contribution in [0.1, 0.15) is 13.8 Å². The van der Waals surface area contributed by atoms with Crippen molar-refractivity contribution in [1.82, 2.24) is 9.80 Å². The van der Waals surface area contributed by atoms with Crippen LogP contribution in [0.3, 0.4) is 0 Å². The van der Waals surface area contributed by atoms with E-state index in [1.165, 1.54) is 16.0 Å². The van der Waals surface area contributed by atoms with Gasteiger partial charge in [-0.3, -0.25) is 24.4 Å². The Hall–Kier alpha value is -1.74. The predicted molar refractivity (Wildman–Crippen MR) is 73.1 cm³/mol. The summed E-state index contributed by atoms with van der Waals surface area (Å²) in [6.45, 7) is 4.63. The van der Waals surface area contributed by atoms with Crippen molar-refractivity contribution in [3.8, 4) is 12.3 Å². The van der Waals surface area contributed by atoms with Crippen molar-refractivity contribution in [1.29, 1.82) is 0 Å². The Kier molecular flexibility index (Phi) is 4.98. The van der Waals surface area contributed by atoms with Gasteiger partial charge in [-0.1, -0.05) is 5.92 Å². The highest BCUT2D eigenvalue weighted by Gasteiger charge is 2.41. The number of nitrogens with zero attached hydrogens (tertiary/aromatic N) is 3. The number of terminal acetylenes is 1. The van der Waals surface area contributed by atoms with E-state index in [9.17, 15) is 9.59 Å². The van der Waals surface area contributed by atoms with Gasteiger partial charge in [0.2, 0.25) is 11.8 Å². The van der Waals surface area contributed by atoms with Gasteiger partial charge >= 0.3 is 0 Å². The average Bonchev–Trinajstić information content (AvgIpc) is 2.34. The largest absolute Gasteiger partial charge is 0.288 e. The summed E-state index contributed by atoms with van der Waals surface area (Å²) < 4.78 is 0. The molecule has 5 nitrogen and oxygen atoms in total. The molecule has 0 aromatic carbocycles. The fourth-order valence-electron chi connectivity index (χ4n) is 1.70. The molecule has 1 fully saturated rings. The molecule has 1 saturated heterocycles. The molecular weight excluding hydrogens is 250 g/mol. The molecule has 1 aliphatic rings. The highest BCUT2D eigenvalue weighted by Crippen LogP contribution is 2.16. The quantitative estimate of drug-likeness (QED) is 0.318. The van der Waals surface area contributed by atoms with Crippen LogP contribution in [0, 0.1) is 18.3 Å². The molecule has 18 heavy (non-hydrogen) atoms. The number of hydrogen-bond donors (Lipinski definition) is 0. The second kappa shape index (κ2) is 6.26. The molecule has 0 bridgehead atoms. The van der Waals surface area contributed by atoms with Gasteiger partial charge in [-0.05, 0) is 26.1 Å². The molecule has 0 radical (unpaired) electrons. The zero-order chi connectivity index (χ0) is 13.7. The molecule has 0 spiro atoms. The summed E-state index contributed by atoms with van der Waals surface area (Å²) in [6.07, 6.45) is 6.38. The number of hydrogen-bond acceptors (Lipinski definition) is 4. The van der Waals surface area contributed by atoms with Gasteiger partial charge in [0.15, 0.2) is 11.0 Å². The summed E-state index contributed by atoms with van der Waals surface area (Å²) in [4.78, 5) is 30.9. The highest BCUT2D eigenvalue weighted by molar-refractivity contribution is 7.80. The van der Waals surface area contributed by atoms with Crippen LogP contribution < -0.4 is 0 Å². The fraction of sp³-hybridized carbons (Fsp3) is 0.500. The zero-order valence-corrected chi connectivity index (χ0v) is 11.2. The van der Waals surface area contributed by atoms with Crippen LogP contribution in [0.2, 0.25) is 0 Å². The lowest BCUT2D eigenvalue weighted by atomic mass is 10.1. The first-order valence-corrected chi connectivity index (χ1v) is 6.09. The molecule has 1 heterocycles. The second-order valence-electron chi connectivity index (χ2n) is 3.62. The first-order chi connectivity index (χ1) is 8.58. The first kappa shape index (κ1) is 14.3. The SMILES string of the molecule is C#CCN=CC1C(=O)N(CC)C(=S)N(CC)C1=O. The Morgan fingerprint density at radius 2 is 1.83 bits per heavy atom. The Labute approximate surface area is 112 Å². The lowest BCUT2D eigenvalue weighted by Crippen LogP contribution is -2.59. The Morgan fingerprint density at radius 3 is 2.22 bits per heavy atom. The van der Waals surface area contributed by atoms with Crippen molar-refractivity contribution in [2.75, 3.05) is 19.6 Å². The summed E-state index contributed by atoms with van der Waals surface area (Å²) in [5.74, 6) is 0.740. The number of carbonyl (C=O) groups excluding carboxylic acids is 2. The highest BCUT2D eigenvalue weighted by atomic mass is 32.1. The van der Waals surface area contributed by atoms with Crippen molar-refractivity contribution in [3.63, 3.8) is 0 Å². The van der Waals surface area contributed by atoms with Crippen LogP contribution in [0.25, 0.3) is 0 Å². The predicted octanol–water partition coefficient (Wildman–Crippen LogP) is 0.302. The van der Waals surface area contributed by atoms with E-state index < -0.39 is 5.92 Å². The lowest BCUT2D eigenvalue weighted by molar-refractivity contribution is -0.143. The molecule has 0 unspecified atom stereocenters. The van der Waals surface area contributed by atoms with E-state index in [1.54, 1.807) is 0 Å². The van der Waals surface area contributed by atoms with Crippen LogP contribution in [0.4, 0.5) is 0 Å². The van der Waals surface area contributed by atoms with Crippen LogP contribution >= 0.6 is 12.2 Å². The monoisotopic (exact) mass is 265 g/mol. The van der Waals surface area contributed by atoms with E-state index in [4.69, 9.17) is 18.6 Å². The molecule has 0 atom stereocenters. The molecule has 96 valence electrons. The maximum absolute atomic E-state index is 12.1. The summed E-state index contributed by atoms with van der Waals surface area (Å²) in [5.41, 5.74) is 0. The molecule has 0 N–H and O–H groups in total. The number of thiocarbonyl (C=S) groups is 1. The zero-order valence-electron chi connectivity index (χ0n) is 10.4. The Bertz CT molecular complexity index is 413. The molecular formula is C12H15N3O2S. The van der Waals surface area contributed by atoms with Crippen molar-refractivity contribution in [2.24, 2.45) is 10.9 Å². The van der Waals surface area contributed by atoms with E-state index in [-0.39, 0.29) is 23.5 Å². The molecule has 0 saturated carbocycles. The molecule has 1 rings (SSSR count). The van der Waals surface area contributed by atoms with Gasteiger partial charge in [0, 0.05) is 19.3 Å². The number of aliphatic imine (C=N–C) groups is 1. The maximum atomic E-state index is 12.1. The normalized spacial score (nSPS) is 17.7. The van der Waals surface area contributed by atoms with E-state index in [1.807, 2.05) is 13.8 Å². The van der Waals surface area contributed by atoms with Gasteiger partial charge in [-0.25, -0.2) is 0 Å². The van der Waals surface area contributed by atoms with Crippen molar-refractivity contribution in [2.45, 2.75) is 13.8 Å². The van der Waals surface area contributed by atoms with Gasteiger partial charge in [0.1, 0.15) is 0 Å². The van der Waals surface area contributed by atoms with Gasteiger partial charge < -0.3 is 0 Å². The first-order valence-electron chi connectivity index (χ1n) is 5.68. The standard InChI is InChI=1S/C12H15N3O2S/c1-4-7-13-8-9-10(16)14(5-2)12(18)15(6-3)11(9)17/h1,8-9H,5-7H2,2-3H3. The average molecular weight is 265 g/mol. The summed E-state index contributed by atoms with van der Waals surface area (Å²) >= 11 is 5.12. The number of rotatable bonds is 4. The minimum Gasteiger partial charge on any atom is -0.288 e. The van der Waals surface area contributed by atoms with Gasteiger partial charge in [0.05, 0.1) is 6.54 Å². The van der Waals surface area contributed by atoms with Crippen LogP contribution in [-0.4, -0.2) is 52.6 Å². The van der Waals surface area contributed by atoms with Gasteiger partial charge in [-0.2, -0.15) is 0 Å². The fourth-order valence-corrected chi connectivity index (χ4v) is 2.13. The lowest BCUT2D eigenvalue weighted by Gasteiger charge is -2.37. The molecule has 0 aromatic rings. The third-order valence-corrected chi connectivity index (χ3v) is 3.04. The van der Waals surface area contributed by atoms with E-state index >= 15 is 0 Å². The van der Waals surface area contributed by atoms with Crippen molar-refractivity contribution < 1.29 is 9.59 Å². The van der Waals surface area contributed by atoms with E-state index in [0.717, 1.165) is 0 Å². The smallest absolute Gasteiger partial charge is 0.246 e. The van der Waals surface area contributed by atoms with E-state index in [0.29, 0.717) is 13.1 Å². The van der Waals surface area contributed by atoms with Crippen LogP contribution in [0.15, 0.2) is 4.99 Å². The van der Waals surface area contributed by atoms with Crippen LogP contribution in [0.5, 0.6) is 0 Å². The summed E-state index contributed by atoms with van der Waals surface area (Å²) in [5, 5.41) is 0.261. The summed E-state index contributed by atoms with van der Waals surface area (Å²) in [7, 11) is 0. The second-order valence-corrected chi connectivity index (χ2v) is 3.98.